The fraction of sp³-hybridized carbons (Fsp3) is 0.345. The highest BCUT2D eigenvalue weighted by molar-refractivity contribution is 5.91. The Kier molecular flexibility index (Phi) is 7.57. The number of urea groups is 1. The quantitative estimate of drug-likeness (QED) is 0.361. The summed E-state index contributed by atoms with van der Waals surface area (Å²) in [4.78, 5) is 15.9. The largest absolute Gasteiger partial charge is 0.385 e. The SMILES string of the molecule is COCC[C@@H]1C[C@@H](NC(=O)Nc2c(C)c(-c3cnn(C)c3)nn2-c2ccccc2)[C@H](c2ccccc2)N1C. The standard InChI is InChI=1S/C29H35N7O2/c1-20-26(22-18-30-34(2)19-22)33-36(23-13-9-6-10-14-23)28(20)32-29(37)31-25-17-24(15-16-38-4)35(3)27(25)21-11-7-5-8-12-21/h5-14,18-19,24-25,27H,15-17H2,1-4H3,(H2,31,32,37)/t24-,25-,27+/m1/s1. The second-order valence-corrected chi connectivity index (χ2v) is 9.87. The van der Waals surface area contributed by atoms with Crippen LogP contribution in [0.3, 0.4) is 0 Å². The molecule has 2 aromatic carbocycles. The monoisotopic (exact) mass is 513 g/mol. The van der Waals surface area contributed by atoms with Crippen LogP contribution in [0, 0.1) is 6.92 Å². The molecule has 2 N–H and O–H groups in total. The molecule has 0 bridgehead atoms. The molecule has 3 atom stereocenters. The van der Waals surface area contributed by atoms with Gasteiger partial charge in [-0.25, -0.2) is 9.48 Å². The third-order valence-corrected chi connectivity index (χ3v) is 7.37. The van der Waals surface area contributed by atoms with Gasteiger partial charge in [0, 0.05) is 44.1 Å². The molecule has 9 nitrogen and oxygen atoms in total. The van der Waals surface area contributed by atoms with Gasteiger partial charge < -0.3 is 10.1 Å². The number of para-hydroxylation sites is 1. The van der Waals surface area contributed by atoms with Gasteiger partial charge in [-0.1, -0.05) is 48.5 Å². The Morgan fingerprint density at radius 2 is 1.79 bits per heavy atom. The first-order valence-corrected chi connectivity index (χ1v) is 12.9. The second-order valence-electron chi connectivity index (χ2n) is 9.87. The van der Waals surface area contributed by atoms with Gasteiger partial charge >= 0.3 is 6.03 Å². The lowest BCUT2D eigenvalue weighted by atomic mass is 10.00. The molecular formula is C29H35N7O2. The van der Waals surface area contributed by atoms with Crippen molar-refractivity contribution in [3.8, 4) is 16.9 Å². The van der Waals surface area contributed by atoms with E-state index < -0.39 is 0 Å². The van der Waals surface area contributed by atoms with Crippen molar-refractivity contribution in [1.29, 1.82) is 0 Å². The van der Waals surface area contributed by atoms with E-state index in [2.05, 4.69) is 39.8 Å². The van der Waals surface area contributed by atoms with Crippen LogP contribution in [0.2, 0.25) is 0 Å². The van der Waals surface area contributed by atoms with Crippen LogP contribution in [0.25, 0.3) is 16.9 Å². The van der Waals surface area contributed by atoms with Gasteiger partial charge in [0.15, 0.2) is 0 Å². The lowest BCUT2D eigenvalue weighted by molar-refractivity contribution is 0.150. The van der Waals surface area contributed by atoms with Gasteiger partial charge in [0.1, 0.15) is 11.5 Å². The number of methoxy groups -OCH3 is 1. The summed E-state index contributed by atoms with van der Waals surface area (Å²) in [6.45, 7) is 2.66. The Bertz CT molecular complexity index is 1370. The van der Waals surface area contributed by atoms with Crippen LogP contribution in [0.5, 0.6) is 0 Å². The van der Waals surface area contributed by atoms with Crippen molar-refractivity contribution in [3.63, 3.8) is 0 Å². The van der Waals surface area contributed by atoms with Crippen LogP contribution < -0.4 is 10.6 Å². The van der Waals surface area contributed by atoms with Crippen molar-refractivity contribution in [2.24, 2.45) is 7.05 Å². The third-order valence-electron chi connectivity index (χ3n) is 7.37. The van der Waals surface area contributed by atoms with Gasteiger partial charge in [0.2, 0.25) is 0 Å². The van der Waals surface area contributed by atoms with Crippen LogP contribution in [0.15, 0.2) is 73.1 Å². The number of likely N-dealkylation sites (N-methyl/N-ethyl adjacent to an activating group) is 1. The molecule has 2 amide bonds. The maximum absolute atomic E-state index is 13.5. The second kappa shape index (κ2) is 11.2. The van der Waals surface area contributed by atoms with Gasteiger partial charge in [-0.05, 0) is 44.5 Å². The molecule has 0 aliphatic carbocycles. The number of nitrogens with one attached hydrogen (secondary N) is 2. The lowest BCUT2D eigenvalue weighted by Crippen LogP contribution is -2.41. The molecule has 9 heteroatoms. The van der Waals surface area contributed by atoms with E-state index in [1.807, 2.05) is 68.7 Å². The molecule has 1 aliphatic heterocycles. The summed E-state index contributed by atoms with van der Waals surface area (Å²) in [5.41, 5.74) is 4.59. The minimum absolute atomic E-state index is 0.0598. The summed E-state index contributed by atoms with van der Waals surface area (Å²) in [5.74, 6) is 0.631. The van der Waals surface area contributed by atoms with E-state index in [4.69, 9.17) is 9.84 Å². The molecule has 198 valence electrons. The minimum Gasteiger partial charge on any atom is -0.385 e. The fourth-order valence-electron chi connectivity index (χ4n) is 5.46. The number of nitrogens with zero attached hydrogens (tertiary/aromatic N) is 5. The van der Waals surface area contributed by atoms with Gasteiger partial charge in [0.25, 0.3) is 0 Å². The molecule has 38 heavy (non-hydrogen) atoms. The van der Waals surface area contributed by atoms with Crippen molar-refractivity contribution in [1.82, 2.24) is 29.8 Å². The Morgan fingerprint density at radius 1 is 1.08 bits per heavy atom. The van der Waals surface area contributed by atoms with E-state index in [-0.39, 0.29) is 18.1 Å². The Hall–Kier alpha value is -3.95. The molecule has 4 aromatic rings. The van der Waals surface area contributed by atoms with E-state index in [0.717, 1.165) is 35.3 Å². The molecule has 3 heterocycles. The summed E-state index contributed by atoms with van der Waals surface area (Å²) < 4.78 is 8.89. The summed E-state index contributed by atoms with van der Waals surface area (Å²) >= 11 is 0. The highest BCUT2D eigenvalue weighted by atomic mass is 16.5. The molecule has 0 spiro atoms. The third kappa shape index (κ3) is 5.20. The summed E-state index contributed by atoms with van der Waals surface area (Å²) in [7, 11) is 5.73. The molecule has 5 rings (SSSR count). The fourth-order valence-corrected chi connectivity index (χ4v) is 5.46. The normalized spacial score (nSPS) is 19.5. The van der Waals surface area contributed by atoms with Crippen molar-refractivity contribution >= 4 is 11.8 Å². The number of carbonyl (C=O) groups is 1. The van der Waals surface area contributed by atoms with Crippen molar-refractivity contribution < 1.29 is 9.53 Å². The van der Waals surface area contributed by atoms with Gasteiger partial charge in [-0.15, -0.1) is 0 Å². The number of aromatic nitrogens is 4. The minimum atomic E-state index is -0.255. The Balaban J connectivity index is 1.43. The van der Waals surface area contributed by atoms with Crippen LogP contribution in [0.1, 0.15) is 30.0 Å². The summed E-state index contributed by atoms with van der Waals surface area (Å²) in [5, 5.41) is 15.6. The Labute approximate surface area is 223 Å². The molecule has 0 saturated carbocycles. The first-order chi connectivity index (χ1) is 18.5. The van der Waals surface area contributed by atoms with Crippen LogP contribution in [-0.4, -0.2) is 63.3 Å². The smallest absolute Gasteiger partial charge is 0.320 e. The van der Waals surface area contributed by atoms with Crippen molar-refractivity contribution in [2.45, 2.75) is 37.9 Å². The Morgan fingerprint density at radius 3 is 2.45 bits per heavy atom. The highest BCUT2D eigenvalue weighted by Crippen LogP contribution is 2.37. The number of hydrogen-bond acceptors (Lipinski definition) is 5. The zero-order chi connectivity index (χ0) is 26.6. The highest BCUT2D eigenvalue weighted by Gasteiger charge is 2.40. The van der Waals surface area contributed by atoms with Crippen LogP contribution >= 0.6 is 0 Å². The number of benzene rings is 2. The molecule has 1 saturated heterocycles. The maximum atomic E-state index is 13.5. The van der Waals surface area contributed by atoms with Crippen LogP contribution in [-0.2, 0) is 11.8 Å². The van der Waals surface area contributed by atoms with Crippen molar-refractivity contribution in [3.05, 3.63) is 84.2 Å². The molecule has 1 fully saturated rings. The number of aryl methyl sites for hydroxylation is 1. The number of likely N-dealkylation sites (tertiary alicyclic amines) is 1. The molecule has 2 aromatic heterocycles. The van der Waals surface area contributed by atoms with Crippen LogP contribution in [0.4, 0.5) is 10.6 Å². The zero-order valence-corrected chi connectivity index (χ0v) is 22.3. The number of amides is 2. The number of hydrogen-bond donors (Lipinski definition) is 2. The van der Waals surface area contributed by atoms with Gasteiger partial charge in [0.05, 0.1) is 24.0 Å². The van der Waals surface area contributed by atoms with E-state index in [9.17, 15) is 4.79 Å². The average Bonchev–Trinajstić information content (AvgIpc) is 3.59. The number of carbonyl (C=O) groups excluding carboxylic acids is 1. The number of rotatable bonds is 8. The summed E-state index contributed by atoms with van der Waals surface area (Å²) in [6, 6.07) is 20.2. The first kappa shape index (κ1) is 25.7. The molecule has 0 unspecified atom stereocenters. The van der Waals surface area contributed by atoms with Crippen molar-refractivity contribution in [2.75, 3.05) is 26.1 Å². The molecular weight excluding hydrogens is 478 g/mol. The topological polar surface area (TPSA) is 89.2 Å². The number of anilines is 1. The van der Waals surface area contributed by atoms with E-state index in [1.54, 1.807) is 22.7 Å². The predicted octanol–water partition coefficient (Wildman–Crippen LogP) is 4.55. The predicted molar refractivity (Wildman–Crippen MR) is 148 cm³/mol. The summed E-state index contributed by atoms with van der Waals surface area (Å²) in [6.07, 6.45) is 5.45. The van der Waals surface area contributed by atoms with Gasteiger partial charge in [-0.3, -0.25) is 14.9 Å². The van der Waals surface area contributed by atoms with Gasteiger partial charge in [-0.2, -0.15) is 10.2 Å². The zero-order valence-electron chi connectivity index (χ0n) is 22.3. The van der Waals surface area contributed by atoms with E-state index in [1.165, 1.54) is 5.56 Å². The molecule has 1 aliphatic rings. The first-order valence-electron chi connectivity index (χ1n) is 12.9. The lowest BCUT2D eigenvalue weighted by Gasteiger charge is -2.28. The van der Waals surface area contributed by atoms with E-state index in [0.29, 0.717) is 18.5 Å². The average molecular weight is 514 g/mol. The maximum Gasteiger partial charge on any atom is 0.320 e. The number of ether oxygens (including phenoxy) is 1. The molecule has 0 radical (unpaired) electrons. The van der Waals surface area contributed by atoms with E-state index >= 15 is 0 Å².